The van der Waals surface area contributed by atoms with Gasteiger partial charge >= 0.3 is 6.18 Å². The van der Waals surface area contributed by atoms with Crippen LogP contribution in [0.25, 0.3) is 0 Å². The molecule has 17 heavy (non-hydrogen) atoms. The van der Waals surface area contributed by atoms with Crippen molar-refractivity contribution in [2.75, 3.05) is 6.61 Å². The van der Waals surface area contributed by atoms with E-state index in [1.165, 1.54) is 6.07 Å². The first-order valence-electron chi connectivity index (χ1n) is 4.69. The van der Waals surface area contributed by atoms with Gasteiger partial charge in [0.15, 0.2) is 0 Å². The average molecular weight is 239 g/mol. The summed E-state index contributed by atoms with van der Waals surface area (Å²) in [6, 6.07) is 4.59. The molecule has 5 heteroatoms. The molecule has 0 aliphatic rings. The van der Waals surface area contributed by atoms with Crippen molar-refractivity contribution in [3.8, 4) is 17.9 Å². The minimum Gasteiger partial charge on any atom is -0.395 e. The van der Waals surface area contributed by atoms with E-state index in [2.05, 4.69) is 11.8 Å². The van der Waals surface area contributed by atoms with Crippen LogP contribution in [0.1, 0.15) is 23.1 Å². The fraction of sp³-hybridized carbons (Fsp3) is 0.250. The second kappa shape index (κ2) is 5.38. The number of alkyl halides is 3. The molecule has 0 heterocycles. The summed E-state index contributed by atoms with van der Waals surface area (Å²) in [5.74, 6) is 4.98. The molecule has 0 fully saturated rings. The molecule has 88 valence electrons. The number of hydrogen-bond acceptors (Lipinski definition) is 2. The SMILES string of the molecule is N#Cc1cc(C#CCCO)cc(C(F)(F)F)c1. The van der Waals surface area contributed by atoms with Gasteiger partial charge in [0.1, 0.15) is 0 Å². The van der Waals surface area contributed by atoms with Crippen LogP contribution in [0.15, 0.2) is 18.2 Å². The molecule has 1 aromatic carbocycles. The Labute approximate surface area is 96.3 Å². The van der Waals surface area contributed by atoms with E-state index in [1.54, 1.807) is 6.07 Å². The van der Waals surface area contributed by atoms with Gasteiger partial charge in [-0.25, -0.2) is 0 Å². The number of halogens is 3. The zero-order valence-electron chi connectivity index (χ0n) is 8.67. The van der Waals surface area contributed by atoms with Crippen LogP contribution in [0.2, 0.25) is 0 Å². The Kier molecular flexibility index (Phi) is 4.14. The van der Waals surface area contributed by atoms with E-state index in [1.807, 2.05) is 0 Å². The number of rotatable bonds is 1. The van der Waals surface area contributed by atoms with Crippen molar-refractivity contribution in [3.05, 3.63) is 34.9 Å². The average Bonchev–Trinajstić information content (AvgIpc) is 2.28. The van der Waals surface area contributed by atoms with Crippen LogP contribution in [0, 0.1) is 23.2 Å². The summed E-state index contributed by atoms with van der Waals surface area (Å²) >= 11 is 0. The van der Waals surface area contributed by atoms with Crippen LogP contribution in [0.5, 0.6) is 0 Å². The molecule has 0 amide bonds. The van der Waals surface area contributed by atoms with Gasteiger partial charge in [0, 0.05) is 12.0 Å². The molecule has 0 aromatic heterocycles. The Morgan fingerprint density at radius 3 is 2.35 bits per heavy atom. The lowest BCUT2D eigenvalue weighted by Gasteiger charge is -2.07. The quantitative estimate of drug-likeness (QED) is 0.764. The Morgan fingerprint density at radius 2 is 1.82 bits per heavy atom. The molecule has 0 saturated heterocycles. The molecule has 0 bridgehead atoms. The summed E-state index contributed by atoms with van der Waals surface area (Å²) in [5.41, 5.74) is -0.872. The van der Waals surface area contributed by atoms with Crippen LogP contribution in [0.3, 0.4) is 0 Å². The van der Waals surface area contributed by atoms with Crippen molar-refractivity contribution in [2.24, 2.45) is 0 Å². The lowest BCUT2D eigenvalue weighted by Crippen LogP contribution is -2.05. The number of nitrogens with zero attached hydrogens (tertiary/aromatic N) is 1. The first-order chi connectivity index (χ1) is 7.97. The van der Waals surface area contributed by atoms with Gasteiger partial charge in [0.25, 0.3) is 0 Å². The molecule has 1 rings (SSSR count). The number of aliphatic hydroxyl groups excluding tert-OH is 1. The first-order valence-corrected chi connectivity index (χ1v) is 4.69. The van der Waals surface area contributed by atoms with Gasteiger partial charge in [-0.1, -0.05) is 11.8 Å². The van der Waals surface area contributed by atoms with Gasteiger partial charge in [-0.2, -0.15) is 18.4 Å². The fourth-order valence-electron chi connectivity index (χ4n) is 1.15. The van der Waals surface area contributed by atoms with Gasteiger partial charge in [-0.05, 0) is 18.2 Å². The Balaban J connectivity index is 3.17. The molecule has 0 aliphatic heterocycles. The topological polar surface area (TPSA) is 44.0 Å². The lowest BCUT2D eigenvalue weighted by molar-refractivity contribution is -0.137. The van der Waals surface area contributed by atoms with Crippen LogP contribution in [0.4, 0.5) is 13.2 Å². The van der Waals surface area contributed by atoms with Crippen molar-refractivity contribution in [2.45, 2.75) is 12.6 Å². The molecule has 1 aromatic rings. The third-order valence-corrected chi connectivity index (χ3v) is 1.86. The molecule has 0 aliphatic carbocycles. The number of nitriles is 1. The highest BCUT2D eigenvalue weighted by molar-refractivity contribution is 5.45. The zero-order valence-corrected chi connectivity index (χ0v) is 8.67. The highest BCUT2D eigenvalue weighted by atomic mass is 19.4. The van der Waals surface area contributed by atoms with Crippen molar-refractivity contribution in [1.82, 2.24) is 0 Å². The summed E-state index contributed by atoms with van der Waals surface area (Å²) in [6.07, 6.45) is -4.32. The van der Waals surface area contributed by atoms with E-state index in [-0.39, 0.29) is 24.2 Å². The summed E-state index contributed by atoms with van der Waals surface area (Å²) in [4.78, 5) is 0. The van der Waals surface area contributed by atoms with Crippen LogP contribution < -0.4 is 0 Å². The van der Waals surface area contributed by atoms with Crippen molar-refractivity contribution < 1.29 is 18.3 Å². The van der Waals surface area contributed by atoms with Crippen LogP contribution >= 0.6 is 0 Å². The second-order valence-corrected chi connectivity index (χ2v) is 3.18. The third-order valence-electron chi connectivity index (χ3n) is 1.86. The van der Waals surface area contributed by atoms with Gasteiger partial charge in [-0.15, -0.1) is 0 Å². The Bertz CT molecular complexity index is 503. The van der Waals surface area contributed by atoms with Crippen LogP contribution in [-0.2, 0) is 6.18 Å². The fourth-order valence-corrected chi connectivity index (χ4v) is 1.15. The molecule has 0 unspecified atom stereocenters. The molecule has 0 saturated carbocycles. The van der Waals surface area contributed by atoms with Crippen molar-refractivity contribution in [3.63, 3.8) is 0 Å². The summed E-state index contributed by atoms with van der Waals surface area (Å²) in [7, 11) is 0. The molecular weight excluding hydrogens is 231 g/mol. The second-order valence-electron chi connectivity index (χ2n) is 3.18. The van der Waals surface area contributed by atoms with Gasteiger partial charge in [-0.3, -0.25) is 0 Å². The van der Waals surface area contributed by atoms with E-state index >= 15 is 0 Å². The Morgan fingerprint density at radius 1 is 1.18 bits per heavy atom. The number of hydrogen-bond donors (Lipinski definition) is 1. The molecule has 0 spiro atoms. The van der Waals surface area contributed by atoms with Gasteiger partial charge in [0.05, 0.1) is 23.8 Å². The standard InChI is InChI=1S/C12H8F3NO/c13-12(14,15)11-6-9(3-1-2-4-17)5-10(7-11)8-16/h5-7,17H,2,4H2. The minimum absolute atomic E-state index is 0.0897. The molecular formula is C12H8F3NO. The monoisotopic (exact) mass is 239 g/mol. The minimum atomic E-state index is -4.50. The van der Waals surface area contributed by atoms with E-state index < -0.39 is 11.7 Å². The van der Waals surface area contributed by atoms with Crippen molar-refractivity contribution >= 4 is 0 Å². The summed E-state index contributed by atoms with van der Waals surface area (Å²) in [6.45, 7) is -0.156. The largest absolute Gasteiger partial charge is 0.416 e. The highest BCUT2D eigenvalue weighted by Gasteiger charge is 2.31. The maximum Gasteiger partial charge on any atom is 0.416 e. The third kappa shape index (κ3) is 3.82. The van der Waals surface area contributed by atoms with Crippen molar-refractivity contribution in [1.29, 1.82) is 5.26 Å². The lowest BCUT2D eigenvalue weighted by atomic mass is 10.1. The van der Waals surface area contributed by atoms with E-state index in [0.29, 0.717) is 0 Å². The maximum atomic E-state index is 12.5. The highest BCUT2D eigenvalue weighted by Crippen LogP contribution is 2.30. The predicted molar refractivity (Wildman–Crippen MR) is 54.7 cm³/mol. The van der Waals surface area contributed by atoms with Crippen LogP contribution in [-0.4, -0.2) is 11.7 Å². The maximum absolute atomic E-state index is 12.5. The zero-order chi connectivity index (χ0) is 12.9. The summed E-state index contributed by atoms with van der Waals surface area (Å²) < 4.78 is 37.4. The molecule has 0 atom stereocenters. The van der Waals surface area contributed by atoms with E-state index in [9.17, 15) is 13.2 Å². The van der Waals surface area contributed by atoms with E-state index in [0.717, 1.165) is 12.1 Å². The first kappa shape index (κ1) is 13.1. The molecule has 2 nitrogen and oxygen atoms in total. The predicted octanol–water partition coefficient (Wildman–Crippen LogP) is 2.31. The van der Waals surface area contributed by atoms with Gasteiger partial charge in [0.2, 0.25) is 0 Å². The normalized spacial score (nSPS) is 10.3. The molecule has 0 radical (unpaired) electrons. The van der Waals surface area contributed by atoms with E-state index in [4.69, 9.17) is 10.4 Å². The smallest absolute Gasteiger partial charge is 0.395 e. The summed E-state index contributed by atoms with van der Waals surface area (Å²) in [5, 5.41) is 17.1. The number of benzene rings is 1. The number of aliphatic hydroxyl groups is 1. The Hall–Kier alpha value is -1.98. The van der Waals surface area contributed by atoms with Gasteiger partial charge < -0.3 is 5.11 Å². The molecule has 1 N–H and O–H groups in total.